The number of ketones is 1. The van der Waals surface area contributed by atoms with Gasteiger partial charge in [0.2, 0.25) is 11.5 Å². The van der Waals surface area contributed by atoms with E-state index in [0.29, 0.717) is 37.4 Å². The summed E-state index contributed by atoms with van der Waals surface area (Å²) in [5.41, 5.74) is 2.90. The van der Waals surface area contributed by atoms with E-state index in [1.54, 1.807) is 73.3 Å². The van der Waals surface area contributed by atoms with Gasteiger partial charge in [-0.15, -0.1) is 0 Å². The zero-order valence-electron chi connectivity index (χ0n) is 18.4. The summed E-state index contributed by atoms with van der Waals surface area (Å²) in [6.45, 7) is 4.55. The zero-order chi connectivity index (χ0) is 23.6. The van der Waals surface area contributed by atoms with Crippen LogP contribution < -0.4 is 5.73 Å². The largest absolute Gasteiger partial charge is 0.434 e. The van der Waals surface area contributed by atoms with Crippen molar-refractivity contribution in [3.8, 4) is 0 Å². The molecular formula is C24H25N3O6. The van der Waals surface area contributed by atoms with Gasteiger partial charge in [0, 0.05) is 18.7 Å². The molecule has 4 rings (SSSR count). The number of carbonyl (C=O) groups excluding carboxylic acids is 3. The maximum absolute atomic E-state index is 14.1. The lowest BCUT2D eigenvalue weighted by atomic mass is 9.67. The van der Waals surface area contributed by atoms with Crippen LogP contribution in [-0.4, -0.2) is 54.0 Å². The number of oxazole rings is 1. The predicted molar refractivity (Wildman–Crippen MR) is 118 cm³/mol. The molecule has 1 unspecified atom stereocenters. The monoisotopic (exact) mass is 451 g/mol. The second-order valence-electron chi connectivity index (χ2n) is 8.31. The van der Waals surface area contributed by atoms with E-state index in [4.69, 9.17) is 19.6 Å². The number of aromatic nitrogens is 1. The average molecular weight is 451 g/mol. The second kappa shape index (κ2) is 8.67. The molecule has 172 valence electrons. The molecule has 9 nitrogen and oxygen atoms in total. The molecule has 1 aliphatic rings. The summed E-state index contributed by atoms with van der Waals surface area (Å²) in [4.78, 5) is 46.0. The van der Waals surface area contributed by atoms with E-state index < -0.39 is 22.9 Å². The molecule has 2 aromatic carbocycles. The van der Waals surface area contributed by atoms with Crippen molar-refractivity contribution in [2.75, 3.05) is 26.3 Å². The number of hydrogen-bond donors (Lipinski definition) is 1. The molecule has 0 saturated carbocycles. The van der Waals surface area contributed by atoms with E-state index in [0.717, 1.165) is 0 Å². The van der Waals surface area contributed by atoms with Gasteiger partial charge in [0.1, 0.15) is 5.52 Å². The van der Waals surface area contributed by atoms with Crippen molar-refractivity contribution in [1.82, 2.24) is 9.88 Å². The first kappa shape index (κ1) is 22.5. The minimum Gasteiger partial charge on any atom is -0.434 e. The minimum absolute atomic E-state index is 0.280. The Morgan fingerprint density at radius 1 is 1.00 bits per heavy atom. The molecule has 0 radical (unpaired) electrons. The summed E-state index contributed by atoms with van der Waals surface area (Å²) < 4.78 is 16.7. The topological polar surface area (TPSA) is 125 Å². The highest BCUT2D eigenvalue weighted by atomic mass is 16.6. The molecular weight excluding hydrogens is 426 g/mol. The third-order valence-corrected chi connectivity index (χ3v) is 5.96. The lowest BCUT2D eigenvalue weighted by molar-refractivity contribution is -0.157. The molecule has 1 aromatic heterocycles. The number of rotatable bonds is 6. The first-order valence-electron chi connectivity index (χ1n) is 10.6. The molecule has 1 aliphatic heterocycles. The van der Waals surface area contributed by atoms with Gasteiger partial charge in [-0.25, -0.2) is 9.78 Å². The molecule has 1 fully saturated rings. The summed E-state index contributed by atoms with van der Waals surface area (Å²) in [6, 6.07) is 15.2. The Balaban J connectivity index is 1.92. The van der Waals surface area contributed by atoms with Gasteiger partial charge in [-0.3, -0.25) is 9.59 Å². The van der Waals surface area contributed by atoms with Crippen molar-refractivity contribution < 1.29 is 28.3 Å². The Morgan fingerprint density at radius 2 is 1.64 bits per heavy atom. The lowest BCUT2D eigenvalue weighted by Crippen LogP contribution is -2.60. The number of morpholine rings is 1. The number of nitrogens with zero attached hydrogens (tertiary/aromatic N) is 2. The lowest BCUT2D eigenvalue weighted by Gasteiger charge is -2.45. The molecule has 2 amide bonds. The maximum atomic E-state index is 14.1. The zero-order valence-corrected chi connectivity index (χ0v) is 18.4. The predicted octanol–water partition coefficient (Wildman–Crippen LogP) is 2.89. The van der Waals surface area contributed by atoms with Crippen LogP contribution in [0.2, 0.25) is 0 Å². The van der Waals surface area contributed by atoms with Crippen molar-refractivity contribution >= 4 is 28.9 Å². The molecule has 2 heterocycles. The van der Waals surface area contributed by atoms with Crippen molar-refractivity contribution in [3.05, 3.63) is 66.1 Å². The number of ether oxygens (including phenoxy) is 2. The summed E-state index contributed by atoms with van der Waals surface area (Å²) in [5, 5.41) is 0. The van der Waals surface area contributed by atoms with Gasteiger partial charge in [0.25, 0.3) is 11.7 Å². The van der Waals surface area contributed by atoms with Gasteiger partial charge >= 0.3 is 6.09 Å². The first-order chi connectivity index (χ1) is 15.8. The quantitative estimate of drug-likeness (QED) is 0.571. The molecule has 3 aromatic rings. The number of Topliss-reactive ketones (excluding diaryl/α,β-unsaturated/α-hetero) is 1. The van der Waals surface area contributed by atoms with Gasteiger partial charge in [-0.05, 0) is 26.0 Å². The van der Waals surface area contributed by atoms with E-state index in [-0.39, 0.29) is 17.4 Å². The highest BCUT2D eigenvalue weighted by molar-refractivity contribution is 6.06. The second-order valence-corrected chi connectivity index (χ2v) is 8.31. The van der Waals surface area contributed by atoms with E-state index in [1.165, 1.54) is 0 Å². The Bertz CT molecular complexity index is 1150. The fraction of sp³-hybridized carbons (Fsp3) is 0.333. The van der Waals surface area contributed by atoms with E-state index in [1.807, 2.05) is 0 Å². The maximum Gasteiger partial charge on any atom is 0.405 e. The highest BCUT2D eigenvalue weighted by Gasteiger charge is 2.62. The summed E-state index contributed by atoms with van der Waals surface area (Å²) in [6.07, 6.45) is -1.20. The third kappa shape index (κ3) is 3.84. The van der Waals surface area contributed by atoms with Crippen LogP contribution in [0.15, 0.2) is 59.0 Å². The number of para-hydroxylation sites is 2. The highest BCUT2D eigenvalue weighted by Crippen LogP contribution is 2.47. The molecule has 1 saturated heterocycles. The SMILES string of the molecule is CC(C)(C(=O)N1CCOCC1)C(OC(N)=O)(C(=O)c1nc2ccccc2o1)c1ccccc1. The average Bonchev–Trinajstić information content (AvgIpc) is 3.27. The fourth-order valence-electron chi connectivity index (χ4n) is 4.26. The number of nitrogens with two attached hydrogens (primary N) is 1. The summed E-state index contributed by atoms with van der Waals surface area (Å²) in [7, 11) is 0. The normalized spacial score (nSPS) is 16.2. The molecule has 0 aliphatic carbocycles. The van der Waals surface area contributed by atoms with Crippen LogP contribution in [0.4, 0.5) is 4.79 Å². The summed E-state index contributed by atoms with van der Waals surface area (Å²) >= 11 is 0. The van der Waals surface area contributed by atoms with Crippen LogP contribution in [0.25, 0.3) is 11.1 Å². The van der Waals surface area contributed by atoms with E-state index in [9.17, 15) is 14.4 Å². The van der Waals surface area contributed by atoms with Crippen molar-refractivity contribution in [2.45, 2.75) is 19.4 Å². The number of carbonyl (C=O) groups is 3. The molecule has 33 heavy (non-hydrogen) atoms. The Kier molecular flexibility index (Phi) is 5.90. The van der Waals surface area contributed by atoms with Crippen LogP contribution in [-0.2, 0) is 19.9 Å². The van der Waals surface area contributed by atoms with Crippen molar-refractivity contribution in [3.63, 3.8) is 0 Å². The summed E-state index contributed by atoms with van der Waals surface area (Å²) in [5.74, 6) is -1.46. The standard InChI is InChI=1S/C24H25N3O6/c1-23(2,21(29)27-12-14-31-15-13-27)24(33-22(25)30,16-8-4-3-5-9-16)19(28)20-26-17-10-6-7-11-18(17)32-20/h3-11H,12-15H2,1-2H3,(H2,25,30). The van der Waals surface area contributed by atoms with Gasteiger partial charge < -0.3 is 24.5 Å². The molecule has 0 bridgehead atoms. The van der Waals surface area contributed by atoms with Crippen molar-refractivity contribution in [1.29, 1.82) is 0 Å². The van der Waals surface area contributed by atoms with Crippen LogP contribution in [0.3, 0.4) is 0 Å². The van der Waals surface area contributed by atoms with Gasteiger partial charge in [0.05, 0.1) is 18.6 Å². The first-order valence-corrected chi connectivity index (χ1v) is 10.6. The number of amides is 2. The van der Waals surface area contributed by atoms with Gasteiger partial charge in [-0.2, -0.15) is 0 Å². The van der Waals surface area contributed by atoms with Crippen LogP contribution in [0, 0.1) is 5.41 Å². The van der Waals surface area contributed by atoms with Crippen LogP contribution in [0.1, 0.15) is 30.1 Å². The number of primary amides is 1. The van der Waals surface area contributed by atoms with Gasteiger partial charge in [-0.1, -0.05) is 42.5 Å². The number of fused-ring (bicyclic) bond motifs is 1. The van der Waals surface area contributed by atoms with Gasteiger partial charge in [0.15, 0.2) is 5.58 Å². The molecule has 2 N–H and O–H groups in total. The Hall–Kier alpha value is -3.72. The van der Waals surface area contributed by atoms with E-state index in [2.05, 4.69) is 4.98 Å². The smallest absolute Gasteiger partial charge is 0.405 e. The molecule has 1 atom stereocenters. The van der Waals surface area contributed by atoms with E-state index >= 15 is 0 Å². The molecule has 9 heteroatoms. The van der Waals surface area contributed by atoms with Crippen LogP contribution >= 0.6 is 0 Å². The number of benzene rings is 2. The third-order valence-electron chi connectivity index (χ3n) is 5.96. The minimum atomic E-state index is -2.13. The van der Waals surface area contributed by atoms with Crippen molar-refractivity contribution in [2.24, 2.45) is 11.1 Å². The number of hydrogen-bond acceptors (Lipinski definition) is 7. The Morgan fingerprint density at radius 3 is 2.27 bits per heavy atom. The Labute approximate surface area is 190 Å². The van der Waals surface area contributed by atoms with Crippen LogP contribution in [0.5, 0.6) is 0 Å². The fourth-order valence-corrected chi connectivity index (χ4v) is 4.26. The molecule has 0 spiro atoms.